The average Bonchev–Trinajstić information content (AvgIpc) is 2.31. The molecule has 0 saturated carbocycles. The highest BCUT2D eigenvalue weighted by molar-refractivity contribution is 5.50. The highest BCUT2D eigenvalue weighted by atomic mass is 16.3. The number of hydrogen-bond donors (Lipinski definition) is 0. The summed E-state index contributed by atoms with van der Waals surface area (Å²) >= 11 is 0. The molecule has 0 aliphatic rings. The van der Waals surface area contributed by atoms with Gasteiger partial charge in [0.15, 0.2) is 0 Å². The van der Waals surface area contributed by atoms with E-state index in [9.17, 15) is 0 Å². The molecule has 1 rings (SSSR count). The summed E-state index contributed by atoms with van der Waals surface area (Å²) in [5.41, 5.74) is 2.18. The van der Waals surface area contributed by atoms with Gasteiger partial charge in [-0.2, -0.15) is 0 Å². The van der Waals surface area contributed by atoms with Gasteiger partial charge in [-0.05, 0) is 31.6 Å². The Kier molecular flexibility index (Phi) is 2.32. The van der Waals surface area contributed by atoms with E-state index < -0.39 is 0 Å². The minimum atomic E-state index is 0.910. The molecule has 0 unspecified atom stereocenters. The molecule has 1 heterocycles. The largest absolute Gasteiger partial charge is 0.465 e. The maximum Gasteiger partial charge on any atom is 0.129 e. The lowest BCUT2D eigenvalue weighted by Crippen LogP contribution is -1.69. The van der Waals surface area contributed by atoms with Crippen molar-refractivity contribution in [2.45, 2.75) is 13.8 Å². The zero-order valence-electron chi connectivity index (χ0n) is 6.92. The maximum absolute atomic E-state index is 5.19. The van der Waals surface area contributed by atoms with Crippen molar-refractivity contribution in [1.29, 1.82) is 0 Å². The predicted molar refractivity (Wildman–Crippen MR) is 47.3 cm³/mol. The van der Waals surface area contributed by atoms with Crippen molar-refractivity contribution < 1.29 is 4.42 Å². The number of allylic oxidation sites excluding steroid dienone is 2. The highest BCUT2D eigenvalue weighted by Gasteiger charge is 1.94. The van der Waals surface area contributed by atoms with Crippen LogP contribution >= 0.6 is 0 Å². The molecular weight excluding hydrogens is 136 g/mol. The fourth-order valence-electron chi connectivity index (χ4n) is 0.773. The van der Waals surface area contributed by atoms with Crippen molar-refractivity contribution in [1.82, 2.24) is 0 Å². The summed E-state index contributed by atoms with van der Waals surface area (Å²) in [7, 11) is 0. The molecule has 1 aromatic rings. The Bertz CT molecular complexity index is 279. The summed E-state index contributed by atoms with van der Waals surface area (Å²) in [6, 6.07) is 1.94. The van der Waals surface area contributed by atoms with E-state index in [0.29, 0.717) is 0 Å². The van der Waals surface area contributed by atoms with Crippen LogP contribution in [0.4, 0.5) is 0 Å². The molecule has 11 heavy (non-hydrogen) atoms. The van der Waals surface area contributed by atoms with Crippen LogP contribution in [0, 0.1) is 6.92 Å². The van der Waals surface area contributed by atoms with Gasteiger partial charge in [0, 0.05) is 0 Å². The summed E-state index contributed by atoms with van der Waals surface area (Å²) < 4.78 is 5.19. The van der Waals surface area contributed by atoms with E-state index in [4.69, 9.17) is 4.42 Å². The quantitative estimate of drug-likeness (QED) is 0.587. The van der Waals surface area contributed by atoms with Gasteiger partial charge in [0.2, 0.25) is 0 Å². The topological polar surface area (TPSA) is 13.1 Å². The van der Waals surface area contributed by atoms with Crippen molar-refractivity contribution in [2.24, 2.45) is 0 Å². The van der Waals surface area contributed by atoms with Crippen molar-refractivity contribution in [3.63, 3.8) is 0 Å². The predicted octanol–water partition coefficient (Wildman–Crippen LogP) is 3.18. The molecule has 0 amide bonds. The molecule has 58 valence electrons. The first-order chi connectivity index (χ1) is 5.20. The van der Waals surface area contributed by atoms with Gasteiger partial charge in [0.05, 0.1) is 6.26 Å². The summed E-state index contributed by atoms with van der Waals surface area (Å²) in [6.45, 7) is 7.72. The summed E-state index contributed by atoms with van der Waals surface area (Å²) in [4.78, 5) is 0. The molecule has 0 spiro atoms. The van der Waals surface area contributed by atoms with Gasteiger partial charge in [-0.25, -0.2) is 0 Å². The third-order valence-corrected chi connectivity index (χ3v) is 1.42. The molecule has 0 saturated heterocycles. The second-order valence-corrected chi connectivity index (χ2v) is 2.65. The number of furan rings is 1. The van der Waals surface area contributed by atoms with Gasteiger partial charge in [0.25, 0.3) is 0 Å². The number of rotatable bonds is 2. The van der Waals surface area contributed by atoms with E-state index in [1.54, 1.807) is 6.26 Å². The molecule has 0 fully saturated rings. The molecule has 0 N–H and O–H groups in total. The molecule has 1 heteroatoms. The third-order valence-electron chi connectivity index (χ3n) is 1.42. The molecule has 0 radical (unpaired) electrons. The fraction of sp³-hybridized carbons (Fsp3) is 0.200. The van der Waals surface area contributed by atoms with Crippen LogP contribution in [0.1, 0.15) is 18.2 Å². The Morgan fingerprint density at radius 1 is 1.64 bits per heavy atom. The molecule has 0 aliphatic carbocycles. The summed E-state index contributed by atoms with van der Waals surface area (Å²) in [6.07, 6.45) is 5.55. The Morgan fingerprint density at radius 2 is 2.36 bits per heavy atom. The van der Waals surface area contributed by atoms with Gasteiger partial charge in [0.1, 0.15) is 5.76 Å². The first kappa shape index (κ1) is 7.86. The van der Waals surface area contributed by atoms with E-state index in [2.05, 4.69) is 6.58 Å². The smallest absolute Gasteiger partial charge is 0.129 e. The van der Waals surface area contributed by atoms with E-state index in [0.717, 1.165) is 16.9 Å². The lowest BCUT2D eigenvalue weighted by Gasteiger charge is -1.87. The Hall–Kier alpha value is -1.24. The first-order valence-corrected chi connectivity index (χ1v) is 3.58. The van der Waals surface area contributed by atoms with Crippen molar-refractivity contribution >= 4 is 6.08 Å². The van der Waals surface area contributed by atoms with E-state index in [1.165, 1.54) is 0 Å². The van der Waals surface area contributed by atoms with Crippen LogP contribution in [0.2, 0.25) is 0 Å². The van der Waals surface area contributed by atoms with Crippen LogP contribution in [0.3, 0.4) is 0 Å². The second kappa shape index (κ2) is 3.24. The Morgan fingerprint density at radius 3 is 2.82 bits per heavy atom. The van der Waals surface area contributed by atoms with E-state index in [1.807, 2.05) is 32.1 Å². The van der Waals surface area contributed by atoms with E-state index >= 15 is 0 Å². The zero-order chi connectivity index (χ0) is 8.27. The highest BCUT2D eigenvalue weighted by Crippen LogP contribution is 2.11. The number of aryl methyl sites for hydroxylation is 1. The minimum absolute atomic E-state index is 0.910. The first-order valence-electron chi connectivity index (χ1n) is 3.58. The van der Waals surface area contributed by atoms with Gasteiger partial charge < -0.3 is 4.42 Å². The fourth-order valence-corrected chi connectivity index (χ4v) is 0.773. The SMILES string of the molecule is C=C(C)C=Cc1occc1C. The lowest BCUT2D eigenvalue weighted by atomic mass is 10.2. The summed E-state index contributed by atoms with van der Waals surface area (Å²) in [5.74, 6) is 0.910. The summed E-state index contributed by atoms with van der Waals surface area (Å²) in [5, 5.41) is 0. The van der Waals surface area contributed by atoms with Crippen LogP contribution in [0.15, 0.2) is 35.0 Å². The zero-order valence-corrected chi connectivity index (χ0v) is 6.92. The van der Waals surface area contributed by atoms with Crippen LogP contribution in [-0.4, -0.2) is 0 Å². The maximum atomic E-state index is 5.19. The van der Waals surface area contributed by atoms with Crippen molar-refractivity contribution in [3.05, 3.63) is 41.9 Å². The van der Waals surface area contributed by atoms with Gasteiger partial charge >= 0.3 is 0 Å². The van der Waals surface area contributed by atoms with Crippen LogP contribution in [-0.2, 0) is 0 Å². The normalized spacial score (nSPS) is 10.7. The van der Waals surface area contributed by atoms with Crippen molar-refractivity contribution in [2.75, 3.05) is 0 Å². The monoisotopic (exact) mass is 148 g/mol. The van der Waals surface area contributed by atoms with Crippen LogP contribution in [0.5, 0.6) is 0 Å². The van der Waals surface area contributed by atoms with Crippen LogP contribution in [0.25, 0.3) is 6.08 Å². The van der Waals surface area contributed by atoms with E-state index in [-0.39, 0.29) is 0 Å². The Balaban J connectivity index is 2.79. The molecule has 0 bridgehead atoms. The van der Waals surface area contributed by atoms with Crippen molar-refractivity contribution in [3.8, 4) is 0 Å². The van der Waals surface area contributed by atoms with Gasteiger partial charge in [-0.3, -0.25) is 0 Å². The third kappa shape index (κ3) is 2.11. The molecule has 1 aromatic heterocycles. The molecular formula is C10H12O. The Labute approximate surface area is 67.0 Å². The molecule has 1 nitrogen and oxygen atoms in total. The lowest BCUT2D eigenvalue weighted by molar-refractivity contribution is 0.555. The standard InChI is InChI=1S/C10H12O/c1-8(2)4-5-10-9(3)6-7-11-10/h4-7H,1H2,2-3H3. The van der Waals surface area contributed by atoms with Crippen LogP contribution < -0.4 is 0 Å². The molecule has 0 aliphatic heterocycles. The number of hydrogen-bond acceptors (Lipinski definition) is 1. The average molecular weight is 148 g/mol. The van der Waals surface area contributed by atoms with Gasteiger partial charge in [-0.15, -0.1) is 0 Å². The molecule has 0 atom stereocenters. The van der Waals surface area contributed by atoms with Gasteiger partial charge in [-0.1, -0.05) is 18.2 Å². The minimum Gasteiger partial charge on any atom is -0.465 e. The molecule has 0 aromatic carbocycles. The second-order valence-electron chi connectivity index (χ2n) is 2.65.